The monoisotopic (exact) mass is 370 g/mol. The second-order valence-corrected chi connectivity index (χ2v) is 7.52. The lowest BCUT2D eigenvalue weighted by atomic mass is 10.0. The molecule has 0 radical (unpaired) electrons. The van der Waals surface area contributed by atoms with Crippen molar-refractivity contribution in [3.8, 4) is 0 Å². The molecule has 0 saturated carbocycles. The summed E-state index contributed by atoms with van der Waals surface area (Å²) in [5.41, 5.74) is 2.76. The molecule has 5 heteroatoms. The quantitative estimate of drug-likeness (QED) is 0.618. The molecule has 1 aromatic heterocycles. The number of nitrogens with one attached hydrogen (secondary N) is 1. The Hall–Kier alpha value is -1.95. The van der Waals surface area contributed by atoms with Crippen molar-refractivity contribution in [2.75, 3.05) is 31.5 Å². The molecule has 0 unspecified atom stereocenters. The molecule has 1 heterocycles. The van der Waals surface area contributed by atoms with Gasteiger partial charge in [0.05, 0.1) is 12.0 Å². The second kappa shape index (κ2) is 8.16. The van der Waals surface area contributed by atoms with E-state index in [9.17, 15) is 9.90 Å². The standard InChI is InChI=1S/C21H26N2O2S/c1-4-23(5-2)11-10-22-19-14(3)12-15(13-24)21-18(19)20(25)16-8-6-7-9-17(16)26-21/h6-9,12,22,24H,4-5,10-11,13H2,1-3H3. The van der Waals surface area contributed by atoms with Crippen molar-refractivity contribution >= 4 is 37.2 Å². The van der Waals surface area contributed by atoms with E-state index in [1.807, 2.05) is 37.3 Å². The van der Waals surface area contributed by atoms with Crippen molar-refractivity contribution < 1.29 is 5.11 Å². The number of rotatable bonds is 7. The third kappa shape index (κ3) is 3.47. The summed E-state index contributed by atoms with van der Waals surface area (Å²) in [6, 6.07) is 9.69. The van der Waals surface area contributed by atoms with Crippen molar-refractivity contribution in [2.24, 2.45) is 0 Å². The minimum atomic E-state index is -0.0641. The Morgan fingerprint density at radius 1 is 1.19 bits per heavy atom. The summed E-state index contributed by atoms with van der Waals surface area (Å²) in [6.07, 6.45) is 0. The molecule has 0 amide bonds. The first-order valence-electron chi connectivity index (χ1n) is 9.15. The summed E-state index contributed by atoms with van der Waals surface area (Å²) in [7, 11) is 0. The van der Waals surface area contributed by atoms with Gasteiger partial charge in [-0.05, 0) is 43.3 Å². The molecule has 3 rings (SSSR count). The van der Waals surface area contributed by atoms with Crippen LogP contribution in [0.2, 0.25) is 0 Å². The summed E-state index contributed by atoms with van der Waals surface area (Å²) >= 11 is 1.58. The van der Waals surface area contributed by atoms with Crippen LogP contribution in [0.3, 0.4) is 0 Å². The van der Waals surface area contributed by atoms with Crippen molar-refractivity contribution in [2.45, 2.75) is 27.4 Å². The fourth-order valence-electron chi connectivity index (χ4n) is 3.42. The Kier molecular flexibility index (Phi) is 5.91. The van der Waals surface area contributed by atoms with E-state index in [0.717, 1.165) is 57.8 Å². The van der Waals surface area contributed by atoms with E-state index in [-0.39, 0.29) is 12.0 Å². The smallest absolute Gasteiger partial charge is 0.197 e. The van der Waals surface area contributed by atoms with Gasteiger partial charge in [-0.1, -0.05) is 32.0 Å². The molecule has 3 aromatic rings. The third-order valence-corrected chi connectivity index (χ3v) is 6.17. The van der Waals surface area contributed by atoms with Crippen molar-refractivity contribution in [3.63, 3.8) is 0 Å². The highest BCUT2D eigenvalue weighted by molar-refractivity contribution is 7.24. The van der Waals surface area contributed by atoms with Crippen LogP contribution < -0.4 is 10.7 Å². The minimum absolute atomic E-state index is 0.0399. The molecule has 0 saturated heterocycles. The fraction of sp³-hybridized carbons (Fsp3) is 0.381. The van der Waals surface area contributed by atoms with E-state index in [4.69, 9.17) is 0 Å². The van der Waals surface area contributed by atoms with E-state index in [1.54, 1.807) is 11.3 Å². The number of aliphatic hydroxyl groups is 1. The van der Waals surface area contributed by atoms with Crippen molar-refractivity contribution in [1.82, 2.24) is 4.90 Å². The first kappa shape index (κ1) is 18.8. The van der Waals surface area contributed by atoms with Gasteiger partial charge in [-0.2, -0.15) is 0 Å². The predicted octanol–water partition coefficient (Wildman–Crippen LogP) is 3.97. The van der Waals surface area contributed by atoms with Crippen molar-refractivity contribution in [1.29, 1.82) is 0 Å². The van der Waals surface area contributed by atoms with Crippen LogP contribution in [0, 0.1) is 6.92 Å². The predicted molar refractivity (Wildman–Crippen MR) is 113 cm³/mol. The largest absolute Gasteiger partial charge is 0.392 e. The topological polar surface area (TPSA) is 52.6 Å². The van der Waals surface area contributed by atoms with Gasteiger partial charge in [0.1, 0.15) is 0 Å². The van der Waals surface area contributed by atoms with E-state index in [0.29, 0.717) is 5.39 Å². The van der Waals surface area contributed by atoms with Crippen LogP contribution in [0.4, 0.5) is 5.69 Å². The number of fused-ring (bicyclic) bond motifs is 2. The number of hydrogen-bond donors (Lipinski definition) is 2. The van der Waals surface area contributed by atoms with E-state index < -0.39 is 0 Å². The van der Waals surface area contributed by atoms with Gasteiger partial charge in [-0.25, -0.2) is 0 Å². The first-order chi connectivity index (χ1) is 12.6. The van der Waals surface area contributed by atoms with E-state index in [1.165, 1.54) is 0 Å². The lowest BCUT2D eigenvalue weighted by Gasteiger charge is -2.20. The molecule has 26 heavy (non-hydrogen) atoms. The van der Waals surface area contributed by atoms with E-state index >= 15 is 0 Å². The molecular formula is C21H26N2O2S. The number of anilines is 1. The van der Waals surface area contributed by atoms with Crippen LogP contribution in [0.5, 0.6) is 0 Å². The molecule has 0 aliphatic carbocycles. The summed E-state index contributed by atoms with van der Waals surface area (Å²) < 4.78 is 1.84. The maximum Gasteiger partial charge on any atom is 0.197 e. The van der Waals surface area contributed by atoms with E-state index in [2.05, 4.69) is 24.1 Å². The van der Waals surface area contributed by atoms with Crippen LogP contribution in [0.25, 0.3) is 20.2 Å². The lowest BCUT2D eigenvalue weighted by molar-refractivity contribution is 0.283. The summed E-state index contributed by atoms with van der Waals surface area (Å²) in [6.45, 7) is 9.99. The molecule has 0 aliphatic rings. The Labute approximate surface area is 158 Å². The third-order valence-electron chi connectivity index (χ3n) is 4.92. The Balaban J connectivity index is 2.14. The zero-order valence-electron chi connectivity index (χ0n) is 15.6. The molecule has 0 bridgehead atoms. The molecule has 0 aliphatic heterocycles. The number of benzene rings is 2. The van der Waals surface area contributed by atoms with Crippen LogP contribution >= 0.6 is 11.3 Å². The average molecular weight is 371 g/mol. The van der Waals surface area contributed by atoms with Gasteiger partial charge >= 0.3 is 0 Å². The zero-order chi connectivity index (χ0) is 18.7. The maximum absolute atomic E-state index is 13.2. The van der Waals surface area contributed by atoms with Gasteiger partial charge in [0.2, 0.25) is 0 Å². The molecular weight excluding hydrogens is 344 g/mol. The van der Waals surface area contributed by atoms with Crippen LogP contribution in [-0.4, -0.2) is 36.2 Å². The molecule has 0 fully saturated rings. The molecule has 2 N–H and O–H groups in total. The molecule has 138 valence electrons. The molecule has 2 aromatic carbocycles. The number of likely N-dealkylation sites (N-methyl/N-ethyl adjacent to an activating group) is 1. The van der Waals surface area contributed by atoms with Crippen molar-refractivity contribution in [3.05, 3.63) is 51.7 Å². The lowest BCUT2D eigenvalue weighted by Crippen LogP contribution is -2.29. The van der Waals surface area contributed by atoms with Crippen LogP contribution in [0.1, 0.15) is 25.0 Å². The SMILES string of the molecule is CCN(CC)CCNc1c(C)cc(CO)c2sc3ccccc3c(=O)c12. The second-order valence-electron chi connectivity index (χ2n) is 6.47. The van der Waals surface area contributed by atoms with Gasteiger partial charge in [-0.15, -0.1) is 11.3 Å². The molecule has 0 spiro atoms. The van der Waals surface area contributed by atoms with Gasteiger partial charge in [0.15, 0.2) is 5.43 Å². The highest BCUT2D eigenvalue weighted by Gasteiger charge is 2.15. The normalized spacial score (nSPS) is 11.6. The highest BCUT2D eigenvalue weighted by atomic mass is 32.1. The van der Waals surface area contributed by atoms with Gasteiger partial charge in [-0.3, -0.25) is 4.79 Å². The number of aryl methyl sites for hydroxylation is 1. The summed E-state index contributed by atoms with van der Waals surface area (Å²) in [5.74, 6) is 0. The number of nitrogens with zero attached hydrogens (tertiary/aromatic N) is 1. The van der Waals surface area contributed by atoms with Gasteiger partial charge in [0.25, 0.3) is 0 Å². The Morgan fingerprint density at radius 2 is 1.92 bits per heavy atom. The van der Waals surface area contributed by atoms with Gasteiger partial charge in [0, 0.05) is 33.6 Å². The first-order valence-corrected chi connectivity index (χ1v) is 9.97. The zero-order valence-corrected chi connectivity index (χ0v) is 16.4. The fourth-order valence-corrected chi connectivity index (χ4v) is 4.60. The maximum atomic E-state index is 13.2. The number of aliphatic hydroxyl groups excluding tert-OH is 1. The van der Waals surface area contributed by atoms with Crippen LogP contribution in [0.15, 0.2) is 35.1 Å². The Bertz CT molecular complexity index is 977. The minimum Gasteiger partial charge on any atom is -0.392 e. The van der Waals surface area contributed by atoms with Gasteiger partial charge < -0.3 is 15.3 Å². The summed E-state index contributed by atoms with van der Waals surface area (Å²) in [5, 5.41) is 14.7. The Morgan fingerprint density at radius 3 is 2.62 bits per heavy atom. The summed E-state index contributed by atoms with van der Waals surface area (Å²) in [4.78, 5) is 15.6. The highest BCUT2D eigenvalue weighted by Crippen LogP contribution is 2.34. The molecule has 4 nitrogen and oxygen atoms in total. The van der Waals surface area contributed by atoms with Crippen LogP contribution in [-0.2, 0) is 6.61 Å². The number of hydrogen-bond acceptors (Lipinski definition) is 5. The average Bonchev–Trinajstić information content (AvgIpc) is 2.66. The molecule has 0 atom stereocenters.